The second-order valence-electron chi connectivity index (χ2n) is 8.20. The molecule has 1 atom stereocenters. The summed E-state index contributed by atoms with van der Waals surface area (Å²) in [4.78, 5) is 17.6. The molecule has 1 amide bonds. The molecular formula is C23H26N4O. The van der Waals surface area contributed by atoms with Crippen molar-refractivity contribution in [3.8, 4) is 11.1 Å². The Labute approximate surface area is 165 Å². The second-order valence-corrected chi connectivity index (χ2v) is 8.20. The van der Waals surface area contributed by atoms with E-state index in [1.165, 1.54) is 25.8 Å². The number of amides is 1. The Hall–Kier alpha value is -2.66. The highest BCUT2D eigenvalue weighted by Crippen LogP contribution is 2.27. The Balaban J connectivity index is 1.30. The quantitative estimate of drug-likeness (QED) is 0.756. The normalized spacial score (nSPS) is 21.0. The first-order valence-corrected chi connectivity index (χ1v) is 10.3. The van der Waals surface area contributed by atoms with E-state index in [4.69, 9.17) is 0 Å². The van der Waals surface area contributed by atoms with Crippen LogP contribution in [0.3, 0.4) is 0 Å². The van der Waals surface area contributed by atoms with Crippen LogP contribution < -0.4 is 0 Å². The topological polar surface area (TPSA) is 52.2 Å². The number of likely N-dealkylation sites (tertiary alicyclic amines) is 2. The predicted molar refractivity (Wildman–Crippen MR) is 111 cm³/mol. The van der Waals surface area contributed by atoms with Crippen LogP contribution in [0.25, 0.3) is 22.0 Å². The molecule has 1 N–H and O–H groups in total. The molecule has 5 heteroatoms. The van der Waals surface area contributed by atoms with E-state index in [1.807, 2.05) is 29.3 Å². The molecule has 28 heavy (non-hydrogen) atoms. The summed E-state index contributed by atoms with van der Waals surface area (Å²) in [6, 6.07) is 15.4. The van der Waals surface area contributed by atoms with Crippen LogP contribution in [0.1, 0.15) is 36.5 Å². The van der Waals surface area contributed by atoms with Gasteiger partial charge >= 0.3 is 0 Å². The van der Waals surface area contributed by atoms with Crippen molar-refractivity contribution in [2.24, 2.45) is 0 Å². The van der Waals surface area contributed by atoms with Crippen LogP contribution in [0.4, 0.5) is 0 Å². The van der Waals surface area contributed by atoms with E-state index >= 15 is 0 Å². The van der Waals surface area contributed by atoms with Gasteiger partial charge in [-0.3, -0.25) is 14.8 Å². The van der Waals surface area contributed by atoms with Gasteiger partial charge in [-0.25, -0.2) is 0 Å². The fourth-order valence-electron chi connectivity index (χ4n) is 4.62. The van der Waals surface area contributed by atoms with Gasteiger partial charge in [0, 0.05) is 36.1 Å². The van der Waals surface area contributed by atoms with Gasteiger partial charge in [0.2, 0.25) is 0 Å². The molecule has 1 aromatic heterocycles. The van der Waals surface area contributed by atoms with E-state index in [-0.39, 0.29) is 5.91 Å². The molecule has 0 spiro atoms. The lowest BCUT2D eigenvalue weighted by atomic mass is 9.96. The summed E-state index contributed by atoms with van der Waals surface area (Å²) < 4.78 is 0. The molecule has 0 bridgehead atoms. The van der Waals surface area contributed by atoms with Gasteiger partial charge < -0.3 is 4.90 Å². The number of nitrogens with zero attached hydrogens (tertiary/aromatic N) is 3. The standard InChI is InChI=1S/C23H26N4O/c1-16-5-2-3-10-27(16)21-14-26(15-21)23(28)19-7-4-6-17(11-19)18-8-9-20-13-24-25-22(20)12-18/h4,6-9,11-13,16,21H,2-3,5,10,14-15H2,1H3,(H,24,25)/t16-/m1/s1. The minimum Gasteiger partial charge on any atom is -0.335 e. The highest BCUT2D eigenvalue weighted by atomic mass is 16.2. The molecule has 2 fully saturated rings. The van der Waals surface area contributed by atoms with E-state index in [2.05, 4.69) is 46.3 Å². The summed E-state index contributed by atoms with van der Waals surface area (Å²) in [5.74, 6) is 0.144. The Morgan fingerprint density at radius 1 is 1.11 bits per heavy atom. The lowest BCUT2D eigenvalue weighted by molar-refractivity contribution is 0.00213. The average Bonchev–Trinajstić information content (AvgIpc) is 3.16. The van der Waals surface area contributed by atoms with Crippen LogP contribution >= 0.6 is 0 Å². The Kier molecular flexibility index (Phi) is 4.40. The molecular weight excluding hydrogens is 348 g/mol. The molecule has 2 aliphatic rings. The van der Waals surface area contributed by atoms with E-state index in [9.17, 15) is 4.79 Å². The summed E-state index contributed by atoms with van der Waals surface area (Å²) >= 11 is 0. The van der Waals surface area contributed by atoms with Crippen molar-refractivity contribution in [1.82, 2.24) is 20.0 Å². The van der Waals surface area contributed by atoms with Crippen LogP contribution in [0, 0.1) is 0 Å². The smallest absolute Gasteiger partial charge is 0.253 e. The Morgan fingerprint density at radius 3 is 2.82 bits per heavy atom. The van der Waals surface area contributed by atoms with Gasteiger partial charge in [0.05, 0.1) is 11.7 Å². The summed E-state index contributed by atoms with van der Waals surface area (Å²) in [7, 11) is 0. The van der Waals surface area contributed by atoms with Crippen LogP contribution in [0.2, 0.25) is 0 Å². The first-order chi connectivity index (χ1) is 13.7. The van der Waals surface area contributed by atoms with Gasteiger partial charge in [0.25, 0.3) is 5.91 Å². The minimum atomic E-state index is 0.144. The second kappa shape index (κ2) is 7.06. The van der Waals surface area contributed by atoms with E-state index in [0.29, 0.717) is 12.1 Å². The molecule has 3 aromatic rings. The molecule has 5 rings (SSSR count). The van der Waals surface area contributed by atoms with Crippen LogP contribution in [-0.4, -0.2) is 57.6 Å². The molecule has 2 aromatic carbocycles. The zero-order valence-corrected chi connectivity index (χ0v) is 16.3. The third-order valence-corrected chi connectivity index (χ3v) is 6.36. The fraction of sp³-hybridized carbons (Fsp3) is 0.391. The van der Waals surface area contributed by atoms with Crippen molar-refractivity contribution >= 4 is 16.8 Å². The fourth-order valence-corrected chi connectivity index (χ4v) is 4.62. The first-order valence-electron chi connectivity index (χ1n) is 10.3. The van der Waals surface area contributed by atoms with Gasteiger partial charge in [-0.15, -0.1) is 0 Å². The molecule has 3 heterocycles. The number of hydrogen-bond acceptors (Lipinski definition) is 3. The summed E-state index contributed by atoms with van der Waals surface area (Å²) in [5, 5.41) is 8.19. The Bertz CT molecular complexity index is 1000. The number of aromatic amines is 1. The molecule has 0 unspecified atom stereocenters. The van der Waals surface area contributed by atoms with Crippen molar-refractivity contribution in [1.29, 1.82) is 0 Å². The van der Waals surface area contributed by atoms with Crippen molar-refractivity contribution in [3.63, 3.8) is 0 Å². The number of rotatable bonds is 3. The number of piperidine rings is 1. The first kappa shape index (κ1) is 17.4. The summed E-state index contributed by atoms with van der Waals surface area (Å²) in [5.41, 5.74) is 3.93. The lowest BCUT2D eigenvalue weighted by Gasteiger charge is -2.49. The minimum absolute atomic E-state index is 0.144. The predicted octanol–water partition coefficient (Wildman–Crippen LogP) is 3.93. The molecule has 144 valence electrons. The van der Waals surface area contributed by atoms with Crippen LogP contribution in [-0.2, 0) is 0 Å². The number of carbonyl (C=O) groups is 1. The van der Waals surface area contributed by atoms with Crippen molar-refractivity contribution in [3.05, 3.63) is 54.2 Å². The van der Waals surface area contributed by atoms with Gasteiger partial charge in [0.15, 0.2) is 0 Å². The van der Waals surface area contributed by atoms with Gasteiger partial charge in [-0.1, -0.05) is 30.7 Å². The zero-order valence-electron chi connectivity index (χ0n) is 16.3. The van der Waals surface area contributed by atoms with E-state index in [1.54, 1.807) is 0 Å². The molecule has 5 nitrogen and oxygen atoms in total. The highest BCUT2D eigenvalue weighted by Gasteiger charge is 2.37. The van der Waals surface area contributed by atoms with Gasteiger partial charge in [-0.2, -0.15) is 5.10 Å². The molecule has 0 saturated carbocycles. The molecule has 2 aliphatic heterocycles. The number of carbonyl (C=O) groups excluding carboxylic acids is 1. The largest absolute Gasteiger partial charge is 0.335 e. The van der Waals surface area contributed by atoms with Gasteiger partial charge in [0.1, 0.15) is 0 Å². The van der Waals surface area contributed by atoms with Crippen LogP contribution in [0.5, 0.6) is 0 Å². The maximum atomic E-state index is 13.0. The number of aromatic nitrogens is 2. The number of benzene rings is 2. The lowest BCUT2D eigenvalue weighted by Crippen LogP contribution is -2.63. The summed E-state index contributed by atoms with van der Waals surface area (Å²) in [6.45, 7) is 5.21. The maximum Gasteiger partial charge on any atom is 0.253 e. The van der Waals surface area contributed by atoms with Crippen molar-refractivity contribution in [2.75, 3.05) is 19.6 Å². The third-order valence-electron chi connectivity index (χ3n) is 6.36. The molecule has 0 aliphatic carbocycles. The highest BCUT2D eigenvalue weighted by molar-refractivity contribution is 5.96. The monoisotopic (exact) mass is 374 g/mol. The number of hydrogen-bond donors (Lipinski definition) is 1. The number of H-pyrrole nitrogens is 1. The maximum absolute atomic E-state index is 13.0. The zero-order chi connectivity index (χ0) is 19.1. The SMILES string of the molecule is C[C@@H]1CCCCN1C1CN(C(=O)c2cccc(-c3ccc4cn[nH]c4c3)c2)C1. The van der Waals surface area contributed by atoms with Crippen molar-refractivity contribution < 1.29 is 4.79 Å². The average molecular weight is 374 g/mol. The number of nitrogens with one attached hydrogen (secondary N) is 1. The summed E-state index contributed by atoms with van der Waals surface area (Å²) in [6.07, 6.45) is 5.73. The van der Waals surface area contributed by atoms with E-state index < -0.39 is 0 Å². The van der Waals surface area contributed by atoms with Crippen molar-refractivity contribution in [2.45, 2.75) is 38.3 Å². The number of fused-ring (bicyclic) bond motifs is 1. The molecule has 2 saturated heterocycles. The van der Waals surface area contributed by atoms with Gasteiger partial charge in [-0.05, 0) is 55.6 Å². The van der Waals surface area contributed by atoms with Crippen LogP contribution in [0.15, 0.2) is 48.7 Å². The molecule has 0 radical (unpaired) electrons. The Morgan fingerprint density at radius 2 is 1.96 bits per heavy atom. The van der Waals surface area contributed by atoms with E-state index in [0.717, 1.165) is 40.7 Å². The third kappa shape index (κ3) is 3.10.